The average molecular weight is 395 g/mol. The van der Waals surface area contributed by atoms with Gasteiger partial charge in [-0.3, -0.25) is 0 Å². The van der Waals surface area contributed by atoms with Gasteiger partial charge in [0.1, 0.15) is 4.21 Å². The molecule has 2 heterocycles. The molecule has 0 unspecified atom stereocenters. The molecular weight excluding hydrogens is 372 g/mol. The molecule has 21 heavy (non-hydrogen) atoms. The number of halogens is 1. The normalized spacial score (nSPS) is 18.2. The second-order valence-electron chi connectivity index (χ2n) is 5.57. The van der Waals surface area contributed by atoms with Crippen LogP contribution in [0.4, 0.5) is 0 Å². The first-order valence-electron chi connectivity index (χ1n) is 7.42. The van der Waals surface area contributed by atoms with E-state index in [0.29, 0.717) is 23.2 Å². The van der Waals surface area contributed by atoms with Gasteiger partial charge in [-0.2, -0.15) is 4.31 Å². The first-order chi connectivity index (χ1) is 9.95. The number of hydrogen-bond acceptors (Lipinski definition) is 4. The van der Waals surface area contributed by atoms with Gasteiger partial charge in [0.05, 0.1) is 3.79 Å². The fourth-order valence-electron chi connectivity index (χ4n) is 2.52. The Morgan fingerprint density at radius 3 is 2.62 bits per heavy atom. The molecule has 0 spiro atoms. The summed E-state index contributed by atoms with van der Waals surface area (Å²) in [7, 11) is -3.31. The number of rotatable bonds is 6. The summed E-state index contributed by atoms with van der Waals surface area (Å²) in [5, 5.41) is 3.43. The van der Waals surface area contributed by atoms with Crippen molar-refractivity contribution in [3.05, 3.63) is 15.4 Å². The van der Waals surface area contributed by atoms with E-state index in [-0.39, 0.29) is 0 Å². The Labute approximate surface area is 140 Å². The summed E-state index contributed by atoms with van der Waals surface area (Å²) >= 11 is 4.71. The van der Waals surface area contributed by atoms with E-state index in [2.05, 4.69) is 28.2 Å². The van der Waals surface area contributed by atoms with Gasteiger partial charge < -0.3 is 5.32 Å². The Morgan fingerprint density at radius 1 is 1.43 bits per heavy atom. The zero-order valence-electron chi connectivity index (χ0n) is 12.6. The molecule has 1 N–H and O–H groups in total. The molecule has 0 atom stereocenters. The molecule has 1 aromatic heterocycles. The van der Waals surface area contributed by atoms with Crippen molar-refractivity contribution in [2.45, 2.75) is 37.3 Å². The maximum absolute atomic E-state index is 12.6. The van der Waals surface area contributed by atoms with Gasteiger partial charge in [0.25, 0.3) is 10.0 Å². The average Bonchev–Trinajstić information content (AvgIpc) is 2.80. The minimum absolute atomic E-state index is 0.453. The largest absolute Gasteiger partial charge is 0.316 e. The van der Waals surface area contributed by atoms with Crippen LogP contribution >= 0.6 is 27.3 Å². The van der Waals surface area contributed by atoms with Gasteiger partial charge >= 0.3 is 0 Å². The van der Waals surface area contributed by atoms with Gasteiger partial charge in [-0.25, -0.2) is 8.42 Å². The van der Waals surface area contributed by atoms with Gasteiger partial charge in [-0.05, 0) is 72.8 Å². The van der Waals surface area contributed by atoms with E-state index >= 15 is 0 Å². The van der Waals surface area contributed by atoms with Crippen molar-refractivity contribution in [2.75, 3.05) is 26.2 Å². The monoisotopic (exact) mass is 394 g/mol. The lowest BCUT2D eigenvalue weighted by Crippen LogP contribution is -2.40. The highest BCUT2D eigenvalue weighted by Crippen LogP contribution is 2.33. The van der Waals surface area contributed by atoms with Crippen LogP contribution in [0.15, 0.2) is 14.1 Å². The van der Waals surface area contributed by atoms with Crippen LogP contribution in [0.5, 0.6) is 0 Å². The fourth-order valence-corrected chi connectivity index (χ4v) is 6.37. The van der Waals surface area contributed by atoms with Gasteiger partial charge in [-0.1, -0.05) is 6.92 Å². The number of piperidine rings is 1. The summed E-state index contributed by atoms with van der Waals surface area (Å²) < 4.78 is 28.2. The summed E-state index contributed by atoms with van der Waals surface area (Å²) in [5.41, 5.74) is 0.984. The maximum atomic E-state index is 12.6. The molecule has 1 aliphatic heterocycles. The highest BCUT2D eigenvalue weighted by molar-refractivity contribution is 9.11. The lowest BCUT2D eigenvalue weighted by molar-refractivity contribution is 0.268. The third kappa shape index (κ3) is 4.28. The van der Waals surface area contributed by atoms with Crippen molar-refractivity contribution in [2.24, 2.45) is 5.92 Å². The molecular formula is C14H23BrN2O2S2. The second-order valence-corrected chi connectivity index (χ2v) is 10.1. The quantitative estimate of drug-likeness (QED) is 0.753. The van der Waals surface area contributed by atoms with Crippen LogP contribution < -0.4 is 5.32 Å². The molecule has 1 saturated heterocycles. The third-order valence-corrected chi connectivity index (χ3v) is 8.35. The van der Waals surface area contributed by atoms with E-state index in [9.17, 15) is 8.42 Å². The summed E-state index contributed by atoms with van der Waals surface area (Å²) in [4.78, 5) is 0. The Morgan fingerprint density at radius 2 is 2.10 bits per heavy atom. The highest BCUT2D eigenvalue weighted by Gasteiger charge is 2.30. The summed E-state index contributed by atoms with van der Waals surface area (Å²) in [6, 6.07) is 1.76. The number of sulfonamides is 1. The van der Waals surface area contributed by atoms with Crippen LogP contribution in [0.3, 0.4) is 0 Å². The van der Waals surface area contributed by atoms with E-state index in [0.717, 1.165) is 41.7 Å². The second kappa shape index (κ2) is 7.55. The van der Waals surface area contributed by atoms with E-state index in [1.165, 1.54) is 11.3 Å². The lowest BCUT2D eigenvalue weighted by Gasteiger charge is -2.30. The van der Waals surface area contributed by atoms with E-state index in [1.807, 2.05) is 6.92 Å². The van der Waals surface area contributed by atoms with Crippen LogP contribution in [-0.4, -0.2) is 38.9 Å². The predicted octanol–water partition coefficient (Wildman–Crippen LogP) is 3.22. The summed E-state index contributed by atoms with van der Waals surface area (Å²) in [6.07, 6.45) is 3.03. The molecule has 1 aliphatic rings. The number of hydrogen-bond donors (Lipinski definition) is 1. The van der Waals surface area contributed by atoms with Gasteiger partial charge in [0.2, 0.25) is 0 Å². The maximum Gasteiger partial charge on any atom is 0.252 e. The number of aryl methyl sites for hydroxylation is 1. The van der Waals surface area contributed by atoms with Crippen molar-refractivity contribution >= 4 is 37.3 Å². The van der Waals surface area contributed by atoms with Crippen molar-refractivity contribution < 1.29 is 8.42 Å². The minimum Gasteiger partial charge on any atom is -0.316 e. The molecule has 1 aromatic rings. The van der Waals surface area contributed by atoms with E-state index in [1.54, 1.807) is 10.4 Å². The summed E-state index contributed by atoms with van der Waals surface area (Å²) in [6.45, 7) is 7.39. The molecule has 2 rings (SSSR count). The molecule has 0 aliphatic carbocycles. The van der Waals surface area contributed by atoms with Crippen molar-refractivity contribution in [1.29, 1.82) is 0 Å². The Bertz CT molecular complexity index is 544. The Balaban J connectivity index is 1.95. The molecule has 0 bridgehead atoms. The van der Waals surface area contributed by atoms with Crippen LogP contribution in [0.2, 0.25) is 0 Å². The number of thiophene rings is 1. The minimum atomic E-state index is -3.31. The standard InChI is InChI=1S/C14H23BrN2O2S2/c1-3-6-16-10-12-4-7-17(8-5-12)21(18,19)13-9-11(2)14(15)20-13/h9,12,16H,3-8,10H2,1-2H3. The topological polar surface area (TPSA) is 49.4 Å². The van der Waals surface area contributed by atoms with Crippen LogP contribution in [0.25, 0.3) is 0 Å². The molecule has 4 nitrogen and oxygen atoms in total. The molecule has 0 amide bonds. The molecule has 7 heteroatoms. The third-order valence-electron chi connectivity index (χ3n) is 3.86. The Hall–Kier alpha value is 0.0500. The van der Waals surface area contributed by atoms with Crippen LogP contribution in [0.1, 0.15) is 31.7 Å². The van der Waals surface area contributed by atoms with Gasteiger partial charge in [-0.15, -0.1) is 11.3 Å². The Kier molecular flexibility index (Phi) is 6.25. The zero-order chi connectivity index (χ0) is 15.5. The number of nitrogens with zero attached hydrogens (tertiary/aromatic N) is 1. The van der Waals surface area contributed by atoms with Crippen LogP contribution in [0, 0.1) is 12.8 Å². The van der Waals surface area contributed by atoms with Crippen molar-refractivity contribution in [1.82, 2.24) is 9.62 Å². The first kappa shape index (κ1) is 17.4. The molecule has 120 valence electrons. The lowest BCUT2D eigenvalue weighted by atomic mass is 9.98. The van der Waals surface area contributed by atoms with E-state index in [4.69, 9.17) is 0 Å². The summed E-state index contributed by atoms with van der Waals surface area (Å²) in [5.74, 6) is 0.597. The fraction of sp³-hybridized carbons (Fsp3) is 0.714. The predicted molar refractivity (Wildman–Crippen MR) is 91.4 cm³/mol. The van der Waals surface area contributed by atoms with Crippen LogP contribution in [-0.2, 0) is 10.0 Å². The van der Waals surface area contributed by atoms with Crippen molar-refractivity contribution in [3.63, 3.8) is 0 Å². The SMILES string of the molecule is CCCNCC1CCN(S(=O)(=O)c2cc(C)c(Br)s2)CC1. The zero-order valence-corrected chi connectivity index (χ0v) is 15.8. The smallest absolute Gasteiger partial charge is 0.252 e. The first-order valence-corrected chi connectivity index (χ1v) is 10.5. The van der Waals surface area contributed by atoms with Crippen molar-refractivity contribution in [3.8, 4) is 0 Å². The highest BCUT2D eigenvalue weighted by atomic mass is 79.9. The van der Waals surface area contributed by atoms with E-state index < -0.39 is 10.0 Å². The van der Waals surface area contributed by atoms with Gasteiger partial charge in [0.15, 0.2) is 0 Å². The molecule has 0 radical (unpaired) electrons. The molecule has 0 saturated carbocycles. The van der Waals surface area contributed by atoms with Gasteiger partial charge in [0, 0.05) is 13.1 Å². The molecule has 0 aromatic carbocycles. The molecule has 1 fully saturated rings. The number of nitrogens with one attached hydrogen (secondary N) is 1.